The minimum Gasteiger partial charge on any atom is -0.206 e. The molecule has 1 atom stereocenters. The lowest BCUT2D eigenvalue weighted by molar-refractivity contribution is -0.498. The molecule has 0 aliphatic heterocycles. The van der Waals surface area contributed by atoms with E-state index in [0.717, 1.165) is 5.69 Å². The van der Waals surface area contributed by atoms with Gasteiger partial charge in [-0.1, -0.05) is 13.8 Å². The third-order valence-corrected chi connectivity index (χ3v) is 2.05. The Morgan fingerprint density at radius 2 is 2.21 bits per heavy atom. The van der Waals surface area contributed by atoms with Crippen LogP contribution in [0.1, 0.15) is 26.0 Å². The van der Waals surface area contributed by atoms with Crippen molar-refractivity contribution in [2.45, 2.75) is 39.7 Å². The Labute approximate surface area is 82.1 Å². The van der Waals surface area contributed by atoms with Crippen LogP contribution in [-0.4, -0.2) is 15.8 Å². The molecule has 1 N–H and O–H groups in total. The van der Waals surface area contributed by atoms with Crippen molar-refractivity contribution in [1.82, 2.24) is 9.90 Å². The number of aryl methyl sites for hydroxylation is 1. The number of nitrogens with zero attached hydrogens (tertiary/aromatic N) is 2. The number of halogens is 2. The summed E-state index contributed by atoms with van der Waals surface area (Å²) in [4.78, 5) is 1.46. The third kappa shape index (κ3) is 2.49. The molecule has 0 spiro atoms. The highest BCUT2D eigenvalue weighted by atomic mass is 19.3. The summed E-state index contributed by atoms with van der Waals surface area (Å²) in [5.74, 6) is -2.97. The first-order chi connectivity index (χ1) is 6.58. The van der Waals surface area contributed by atoms with Gasteiger partial charge >= 0.3 is 0 Å². The largest absolute Gasteiger partial charge is 0.253 e. The summed E-state index contributed by atoms with van der Waals surface area (Å²) in [7, 11) is 0. The molecular formula is C9H16F2N3+. The molecule has 2 rings (SSSR count). The number of aromatic amines is 1. The van der Waals surface area contributed by atoms with Gasteiger partial charge in [0.15, 0.2) is 6.20 Å². The Morgan fingerprint density at radius 1 is 1.64 bits per heavy atom. The molecule has 1 aliphatic carbocycles. The summed E-state index contributed by atoms with van der Waals surface area (Å²) in [6.07, 6.45) is 1.69. The fourth-order valence-electron chi connectivity index (χ4n) is 1.19. The molecule has 1 aromatic rings. The summed E-state index contributed by atoms with van der Waals surface area (Å²) >= 11 is 0. The number of alkyl halides is 2. The van der Waals surface area contributed by atoms with Gasteiger partial charge in [0.1, 0.15) is 6.54 Å². The molecule has 5 heteroatoms. The Bertz CT molecular complexity index is 296. The van der Waals surface area contributed by atoms with Crippen LogP contribution in [0.25, 0.3) is 0 Å². The molecule has 0 bridgehead atoms. The predicted molar refractivity (Wildman–Crippen MR) is 47.9 cm³/mol. The number of hydrogen-bond donors (Lipinski definition) is 0. The van der Waals surface area contributed by atoms with E-state index in [9.17, 15) is 8.78 Å². The molecule has 1 aliphatic rings. The zero-order chi connectivity index (χ0) is 10.8. The minimum absolute atomic E-state index is 0.000250. The van der Waals surface area contributed by atoms with Gasteiger partial charge in [-0.3, -0.25) is 0 Å². The van der Waals surface area contributed by atoms with Crippen molar-refractivity contribution in [3.05, 3.63) is 11.9 Å². The number of hydrogen-bond acceptors (Lipinski definition) is 1. The number of rotatable bonds is 2. The molecule has 1 aromatic heterocycles. The average Bonchev–Trinajstić information content (AvgIpc) is 2.56. The van der Waals surface area contributed by atoms with Crippen molar-refractivity contribution in [1.29, 1.82) is 0 Å². The monoisotopic (exact) mass is 204 g/mol. The molecule has 0 aromatic carbocycles. The van der Waals surface area contributed by atoms with E-state index in [0.29, 0.717) is 6.54 Å². The van der Waals surface area contributed by atoms with Crippen molar-refractivity contribution in [2.75, 3.05) is 0 Å². The Balaban J connectivity index is 0.000000461. The van der Waals surface area contributed by atoms with Crippen LogP contribution in [0.15, 0.2) is 6.20 Å². The third-order valence-electron chi connectivity index (χ3n) is 2.05. The maximum absolute atomic E-state index is 12.4. The highest BCUT2D eigenvalue weighted by Crippen LogP contribution is 2.49. The quantitative estimate of drug-likeness (QED) is 0.721. The van der Waals surface area contributed by atoms with Gasteiger partial charge in [-0.2, -0.15) is 5.10 Å². The molecule has 1 fully saturated rings. The van der Waals surface area contributed by atoms with Gasteiger partial charge in [0, 0.05) is 18.4 Å². The van der Waals surface area contributed by atoms with Crippen LogP contribution in [0.2, 0.25) is 0 Å². The molecule has 1 heterocycles. The van der Waals surface area contributed by atoms with Crippen LogP contribution in [0, 0.1) is 12.8 Å². The van der Waals surface area contributed by atoms with E-state index < -0.39 is 11.8 Å². The number of nitrogens with one attached hydrogen (secondary N) is 1. The zero-order valence-electron chi connectivity index (χ0n) is 8.72. The fraction of sp³-hybridized carbons (Fsp3) is 0.778. The highest BCUT2D eigenvalue weighted by Gasteiger charge is 2.57. The first kappa shape index (κ1) is 11.1. The average molecular weight is 204 g/mol. The first-order valence-corrected chi connectivity index (χ1v) is 4.88. The maximum Gasteiger partial charge on any atom is 0.253 e. The zero-order valence-corrected chi connectivity index (χ0v) is 8.72. The normalized spacial score (nSPS) is 22.5. The van der Waals surface area contributed by atoms with Crippen LogP contribution in [0.5, 0.6) is 0 Å². The van der Waals surface area contributed by atoms with Crippen LogP contribution >= 0.6 is 0 Å². The molecule has 0 saturated heterocycles. The molecular weight excluding hydrogens is 188 g/mol. The smallest absolute Gasteiger partial charge is 0.206 e. The second kappa shape index (κ2) is 4.02. The van der Waals surface area contributed by atoms with Crippen molar-refractivity contribution in [3.63, 3.8) is 0 Å². The number of aromatic nitrogens is 3. The molecule has 0 amide bonds. The molecule has 0 radical (unpaired) electrons. The lowest BCUT2D eigenvalue weighted by atomic mass is 10.4. The molecule has 80 valence electrons. The first-order valence-electron chi connectivity index (χ1n) is 4.88. The molecule has 3 nitrogen and oxygen atoms in total. The van der Waals surface area contributed by atoms with E-state index >= 15 is 0 Å². The Kier molecular flexibility index (Phi) is 3.18. The molecule has 1 saturated carbocycles. The summed E-state index contributed by atoms with van der Waals surface area (Å²) in [6.45, 7) is 6.11. The van der Waals surface area contributed by atoms with Gasteiger partial charge in [-0.25, -0.2) is 8.78 Å². The predicted octanol–water partition coefficient (Wildman–Crippen LogP) is 1.69. The maximum atomic E-state index is 12.4. The van der Waals surface area contributed by atoms with E-state index in [1.807, 2.05) is 20.8 Å². The molecule has 1 unspecified atom stereocenters. The van der Waals surface area contributed by atoms with Crippen molar-refractivity contribution in [3.8, 4) is 0 Å². The van der Waals surface area contributed by atoms with E-state index in [-0.39, 0.29) is 6.42 Å². The SMILES string of the molecule is CC.Cc1c[nH+]n(CC2CC2(F)F)n1. The molecule has 14 heavy (non-hydrogen) atoms. The lowest BCUT2D eigenvalue weighted by Gasteiger charge is -1.91. The van der Waals surface area contributed by atoms with E-state index in [1.54, 1.807) is 6.20 Å². The Hall–Kier alpha value is -1.00. The van der Waals surface area contributed by atoms with Crippen molar-refractivity contribution >= 4 is 0 Å². The topological polar surface area (TPSA) is 32.0 Å². The summed E-state index contributed by atoms with van der Waals surface area (Å²) in [5, 5.41) is 6.77. The van der Waals surface area contributed by atoms with E-state index in [1.165, 1.54) is 4.80 Å². The Morgan fingerprint density at radius 3 is 2.57 bits per heavy atom. The summed E-state index contributed by atoms with van der Waals surface area (Å²) in [5.41, 5.74) is 0.818. The van der Waals surface area contributed by atoms with Crippen LogP contribution in [-0.2, 0) is 6.54 Å². The van der Waals surface area contributed by atoms with Gasteiger partial charge in [0.05, 0.1) is 5.92 Å². The standard InChI is InChI=1S/C7H9F2N3.C2H6/c1-5-3-10-12(11-5)4-6-2-7(6,8)9;1-2/h3,6H,2,4H2,1H3;1-2H3/p+1. The number of H-pyrrole nitrogens is 1. The van der Waals surface area contributed by atoms with Crippen LogP contribution in [0.3, 0.4) is 0 Å². The fourth-order valence-corrected chi connectivity index (χ4v) is 1.19. The van der Waals surface area contributed by atoms with Crippen molar-refractivity contribution in [2.24, 2.45) is 5.92 Å². The summed E-state index contributed by atoms with van der Waals surface area (Å²) < 4.78 is 24.9. The van der Waals surface area contributed by atoms with Gasteiger partial charge in [-0.05, 0) is 4.80 Å². The van der Waals surface area contributed by atoms with E-state index in [2.05, 4.69) is 10.2 Å². The van der Waals surface area contributed by atoms with E-state index in [4.69, 9.17) is 0 Å². The van der Waals surface area contributed by atoms with Crippen molar-refractivity contribution < 1.29 is 13.9 Å². The van der Waals surface area contributed by atoms with Gasteiger partial charge in [-0.15, -0.1) is 0 Å². The van der Waals surface area contributed by atoms with Gasteiger partial charge in [0.2, 0.25) is 5.69 Å². The van der Waals surface area contributed by atoms with Crippen LogP contribution < -0.4 is 5.10 Å². The highest BCUT2D eigenvalue weighted by molar-refractivity contribution is 4.94. The second-order valence-corrected chi connectivity index (χ2v) is 3.26. The van der Waals surface area contributed by atoms with Gasteiger partial charge < -0.3 is 0 Å². The lowest BCUT2D eigenvalue weighted by Crippen LogP contribution is -2.21. The van der Waals surface area contributed by atoms with Crippen LogP contribution in [0.4, 0.5) is 8.78 Å². The second-order valence-electron chi connectivity index (χ2n) is 3.26. The summed E-state index contributed by atoms with van der Waals surface area (Å²) in [6, 6.07) is 0. The minimum atomic E-state index is -2.45. The van der Waals surface area contributed by atoms with Gasteiger partial charge in [0.25, 0.3) is 5.92 Å².